The van der Waals surface area contributed by atoms with Crippen LogP contribution < -0.4 is 20.6 Å². The summed E-state index contributed by atoms with van der Waals surface area (Å²) in [6, 6.07) is 36.6. The molecule has 2 unspecified atom stereocenters. The summed E-state index contributed by atoms with van der Waals surface area (Å²) in [6.07, 6.45) is 7.26. The zero-order valence-corrected chi connectivity index (χ0v) is 21.7. The molecule has 9 rings (SSSR count). The second-order valence-electron chi connectivity index (χ2n) is 10.7. The lowest BCUT2D eigenvalue weighted by atomic mass is 9.94. The van der Waals surface area contributed by atoms with Crippen LogP contribution in [0.4, 0.5) is 0 Å². The first-order valence-corrected chi connectivity index (χ1v) is 13.9. The Balaban J connectivity index is 1.31. The number of aromatic nitrogens is 1. The van der Waals surface area contributed by atoms with Crippen molar-refractivity contribution in [3.05, 3.63) is 143 Å². The van der Waals surface area contributed by atoms with Crippen molar-refractivity contribution in [2.45, 2.75) is 18.8 Å². The third-order valence-corrected chi connectivity index (χ3v) is 8.52. The zero-order valence-electron chi connectivity index (χ0n) is 21.7. The minimum atomic E-state index is -0.297. The summed E-state index contributed by atoms with van der Waals surface area (Å²) in [5.41, 5.74) is 7.05. The van der Waals surface area contributed by atoms with Crippen LogP contribution in [-0.2, 0) is 0 Å². The first kappa shape index (κ1) is 21.8. The normalized spacial score (nSPS) is 19.0. The summed E-state index contributed by atoms with van der Waals surface area (Å²) < 4.78 is 8.90. The van der Waals surface area contributed by atoms with Crippen LogP contribution in [0.5, 0.6) is 5.75 Å². The second-order valence-corrected chi connectivity index (χ2v) is 10.7. The Morgan fingerprint density at radius 3 is 2.52 bits per heavy atom. The van der Waals surface area contributed by atoms with Crippen LogP contribution >= 0.6 is 0 Å². The van der Waals surface area contributed by atoms with E-state index >= 15 is 0 Å². The molecule has 2 aliphatic heterocycles. The Kier molecular flexibility index (Phi) is 4.47. The molecular formula is C36H25N3O. The first-order chi connectivity index (χ1) is 19.8. The average Bonchev–Trinajstić information content (AvgIpc) is 3.57. The molecule has 3 heterocycles. The summed E-state index contributed by atoms with van der Waals surface area (Å²) >= 11 is 0. The summed E-state index contributed by atoms with van der Waals surface area (Å²) in [6.45, 7) is 0. The maximum Gasteiger partial charge on any atom is 0.201 e. The molecule has 4 heteroatoms. The fourth-order valence-corrected chi connectivity index (χ4v) is 6.75. The van der Waals surface area contributed by atoms with E-state index in [1.165, 1.54) is 32.7 Å². The highest BCUT2D eigenvalue weighted by molar-refractivity contribution is 6.22. The number of allylic oxidation sites excluding steroid dienone is 2. The number of fused-ring (bicyclic) bond motifs is 10. The van der Waals surface area contributed by atoms with E-state index in [1.54, 1.807) is 0 Å². The van der Waals surface area contributed by atoms with Gasteiger partial charge in [-0.3, -0.25) is 0 Å². The Morgan fingerprint density at radius 2 is 1.57 bits per heavy atom. The summed E-state index contributed by atoms with van der Waals surface area (Å²) in [4.78, 5) is 5.24. The van der Waals surface area contributed by atoms with Gasteiger partial charge in [-0.2, -0.15) is 0 Å². The van der Waals surface area contributed by atoms with Gasteiger partial charge in [0.15, 0.2) is 0 Å². The summed E-state index contributed by atoms with van der Waals surface area (Å²) in [5, 5.41) is 10.8. The quantitative estimate of drug-likeness (QED) is 0.283. The molecule has 40 heavy (non-hydrogen) atoms. The van der Waals surface area contributed by atoms with Crippen molar-refractivity contribution in [1.82, 2.24) is 9.88 Å². The molecule has 0 amide bonds. The molecule has 0 spiro atoms. The highest BCUT2D eigenvalue weighted by Crippen LogP contribution is 2.47. The number of hydrogen-bond acceptors (Lipinski definition) is 3. The van der Waals surface area contributed by atoms with Gasteiger partial charge in [0, 0.05) is 38.9 Å². The van der Waals surface area contributed by atoms with Crippen molar-refractivity contribution in [2.75, 3.05) is 0 Å². The van der Waals surface area contributed by atoms with Gasteiger partial charge in [-0.05, 0) is 35.2 Å². The molecule has 1 N–H and O–H groups in total. The Morgan fingerprint density at radius 1 is 0.750 bits per heavy atom. The maximum absolute atomic E-state index is 6.55. The zero-order chi connectivity index (χ0) is 26.2. The molecule has 0 radical (unpaired) electrons. The van der Waals surface area contributed by atoms with Crippen LogP contribution in [0.25, 0.3) is 43.8 Å². The number of nitrogens with zero attached hydrogens (tertiary/aromatic N) is 2. The minimum Gasteiger partial charge on any atom is -0.484 e. The van der Waals surface area contributed by atoms with Crippen molar-refractivity contribution in [1.29, 1.82) is 0 Å². The van der Waals surface area contributed by atoms with Crippen LogP contribution in [0.1, 0.15) is 23.8 Å². The number of ether oxygens (including phenoxy) is 1. The molecule has 4 nitrogen and oxygen atoms in total. The summed E-state index contributed by atoms with van der Waals surface area (Å²) in [5.74, 6) is 1.00. The topological polar surface area (TPSA) is 38.5 Å². The molecule has 0 fully saturated rings. The lowest BCUT2D eigenvalue weighted by molar-refractivity contribution is 0.282. The van der Waals surface area contributed by atoms with Crippen molar-refractivity contribution in [2.24, 2.45) is 4.99 Å². The van der Waals surface area contributed by atoms with Gasteiger partial charge in [-0.25, -0.2) is 4.99 Å². The fourth-order valence-electron chi connectivity index (χ4n) is 6.75. The number of para-hydroxylation sites is 2. The lowest BCUT2D eigenvalue weighted by Gasteiger charge is -2.25. The number of benzene rings is 5. The highest BCUT2D eigenvalue weighted by atomic mass is 16.5. The third kappa shape index (κ3) is 2.99. The number of nitrogens with one attached hydrogen (secondary N) is 1. The molecule has 190 valence electrons. The number of hydrogen-bond donors (Lipinski definition) is 1. The van der Waals surface area contributed by atoms with E-state index in [2.05, 4.69) is 131 Å². The maximum atomic E-state index is 6.55. The van der Waals surface area contributed by atoms with Gasteiger partial charge in [0.05, 0.1) is 22.1 Å². The molecule has 1 aliphatic carbocycles. The predicted octanol–water partition coefficient (Wildman–Crippen LogP) is 6.59. The largest absolute Gasteiger partial charge is 0.484 e. The molecule has 6 aromatic rings. The Hall–Kier alpha value is -5.09. The number of rotatable bonds is 2. The first-order valence-electron chi connectivity index (χ1n) is 13.9. The second kappa shape index (κ2) is 8.20. The molecular weight excluding hydrogens is 490 g/mol. The van der Waals surface area contributed by atoms with E-state index < -0.39 is 0 Å². The van der Waals surface area contributed by atoms with Crippen molar-refractivity contribution in [3.8, 4) is 5.75 Å². The van der Waals surface area contributed by atoms with E-state index in [4.69, 9.17) is 9.73 Å². The van der Waals surface area contributed by atoms with Crippen LogP contribution in [0, 0.1) is 0 Å². The molecule has 5 aromatic carbocycles. The van der Waals surface area contributed by atoms with E-state index in [0.29, 0.717) is 0 Å². The van der Waals surface area contributed by atoms with E-state index in [9.17, 15) is 0 Å². The molecule has 0 bridgehead atoms. The molecule has 0 saturated carbocycles. The van der Waals surface area contributed by atoms with Crippen molar-refractivity contribution in [3.63, 3.8) is 0 Å². The molecule has 1 aromatic heterocycles. The van der Waals surface area contributed by atoms with E-state index in [0.717, 1.165) is 45.0 Å². The van der Waals surface area contributed by atoms with Gasteiger partial charge in [0.1, 0.15) is 11.9 Å². The van der Waals surface area contributed by atoms with E-state index in [-0.39, 0.29) is 12.4 Å². The molecule has 2 atom stereocenters. The van der Waals surface area contributed by atoms with Gasteiger partial charge >= 0.3 is 0 Å². The highest BCUT2D eigenvalue weighted by Gasteiger charge is 2.31. The van der Waals surface area contributed by atoms with Crippen molar-refractivity contribution >= 4 is 43.8 Å². The SMILES string of the molecule is C1=CCC2Oc3c(ccc4c3ccc3c4c4ccccc4n3C3N=c4ccccc4=C(c4ccccc4)N3)C2=C1. The van der Waals surface area contributed by atoms with Crippen LogP contribution in [0.15, 0.2) is 126 Å². The Labute approximate surface area is 230 Å². The van der Waals surface area contributed by atoms with Gasteiger partial charge < -0.3 is 14.6 Å². The molecule has 0 saturated heterocycles. The van der Waals surface area contributed by atoms with Crippen LogP contribution in [-0.4, -0.2) is 10.7 Å². The van der Waals surface area contributed by atoms with Gasteiger partial charge in [0.2, 0.25) is 6.29 Å². The fraction of sp³-hybridized carbons (Fsp3) is 0.0833. The van der Waals surface area contributed by atoms with Crippen LogP contribution in [0.2, 0.25) is 0 Å². The van der Waals surface area contributed by atoms with E-state index in [1.807, 2.05) is 0 Å². The van der Waals surface area contributed by atoms with Gasteiger partial charge in [-0.15, -0.1) is 0 Å². The third-order valence-electron chi connectivity index (χ3n) is 8.52. The average molecular weight is 516 g/mol. The predicted molar refractivity (Wildman–Crippen MR) is 161 cm³/mol. The lowest BCUT2D eigenvalue weighted by Crippen LogP contribution is -2.41. The summed E-state index contributed by atoms with van der Waals surface area (Å²) in [7, 11) is 0. The monoisotopic (exact) mass is 515 g/mol. The molecule has 3 aliphatic rings. The Bertz CT molecular complexity index is 2200. The van der Waals surface area contributed by atoms with Crippen LogP contribution in [0.3, 0.4) is 0 Å². The smallest absolute Gasteiger partial charge is 0.201 e. The standard InChI is InChI=1S/C36H25N3O/c1-2-10-22(11-3-1)34-27-13-4-7-15-29(27)37-36(38-34)39-30-16-8-5-14-28(30)33-24-18-19-25-23-12-6-9-17-32(23)40-35(25)26(24)20-21-31(33)39/h1-16,18-21,32,36,38H,17H2. The van der Waals surface area contributed by atoms with Crippen molar-refractivity contribution < 1.29 is 4.74 Å². The van der Waals surface area contributed by atoms with Gasteiger partial charge in [-0.1, -0.05) is 97.1 Å². The van der Waals surface area contributed by atoms with Gasteiger partial charge in [0.25, 0.3) is 0 Å². The minimum absolute atomic E-state index is 0.111.